The van der Waals surface area contributed by atoms with Crippen molar-refractivity contribution in [3.8, 4) is 0 Å². The Bertz CT molecular complexity index is 832. The predicted octanol–water partition coefficient (Wildman–Crippen LogP) is 1.22. The number of piperazine rings is 1. The van der Waals surface area contributed by atoms with Crippen LogP contribution < -0.4 is 0 Å². The fourth-order valence-electron chi connectivity index (χ4n) is 4.11. The molecular weight excluding hydrogens is 376 g/mol. The Morgan fingerprint density at radius 1 is 1.14 bits per heavy atom. The number of ether oxygens (including phenoxy) is 2. The number of hydrogen-bond donors (Lipinski definition) is 1. The molecule has 1 saturated heterocycles. The maximum absolute atomic E-state index is 12.8. The van der Waals surface area contributed by atoms with Gasteiger partial charge in [0.25, 0.3) is 0 Å². The number of methoxy groups -OCH3 is 2. The minimum absolute atomic E-state index is 0.127. The van der Waals surface area contributed by atoms with Crippen molar-refractivity contribution < 1.29 is 29.0 Å². The van der Waals surface area contributed by atoms with E-state index in [1.54, 1.807) is 7.05 Å². The molecule has 2 bridgehead atoms. The Balaban J connectivity index is 2.08. The Morgan fingerprint density at radius 2 is 1.83 bits per heavy atom. The van der Waals surface area contributed by atoms with Crippen LogP contribution in [0.2, 0.25) is 0 Å². The standard InChI is InChI=1S/C21H26N2O6/c1-22-12-17-18(20(26)28-2)15(11-16(19(22)25)23(17)21(27)29-3)14-8-6-13(7-9-14)5-4-10-24/h6-9,16-17,24H,4-5,10-12H2,1-3H3/t16?,17-/m1/s1. The molecule has 0 radical (unpaired) electrons. The molecule has 2 aliphatic heterocycles. The maximum Gasteiger partial charge on any atom is 0.410 e. The number of benzene rings is 1. The summed E-state index contributed by atoms with van der Waals surface area (Å²) in [6.45, 7) is 0.314. The highest BCUT2D eigenvalue weighted by molar-refractivity contribution is 6.03. The van der Waals surface area contributed by atoms with Crippen LogP contribution in [0, 0.1) is 0 Å². The maximum atomic E-state index is 12.8. The number of aliphatic hydroxyl groups excluding tert-OH is 1. The molecule has 0 aromatic heterocycles. The zero-order chi connectivity index (χ0) is 21.1. The number of nitrogens with zero attached hydrogens (tertiary/aromatic N) is 2. The van der Waals surface area contributed by atoms with Gasteiger partial charge in [0.05, 0.1) is 25.8 Å². The lowest BCUT2D eigenvalue weighted by Crippen LogP contribution is -2.65. The molecule has 2 heterocycles. The molecule has 1 aromatic rings. The Hall–Kier alpha value is -2.87. The first-order valence-electron chi connectivity index (χ1n) is 9.55. The second-order valence-corrected chi connectivity index (χ2v) is 7.24. The van der Waals surface area contributed by atoms with E-state index in [0.717, 1.165) is 17.5 Å². The molecule has 1 fully saturated rings. The van der Waals surface area contributed by atoms with Crippen molar-refractivity contribution in [1.82, 2.24) is 9.80 Å². The van der Waals surface area contributed by atoms with E-state index < -0.39 is 24.1 Å². The lowest BCUT2D eigenvalue weighted by Gasteiger charge is -2.48. The van der Waals surface area contributed by atoms with E-state index in [1.807, 2.05) is 24.3 Å². The summed E-state index contributed by atoms with van der Waals surface area (Å²) < 4.78 is 9.91. The molecule has 0 spiro atoms. The van der Waals surface area contributed by atoms with Gasteiger partial charge in [-0.3, -0.25) is 9.69 Å². The summed E-state index contributed by atoms with van der Waals surface area (Å²) in [7, 11) is 4.22. The van der Waals surface area contributed by atoms with Gasteiger partial charge in [0.2, 0.25) is 5.91 Å². The smallest absolute Gasteiger partial charge is 0.410 e. The number of likely N-dealkylation sites (N-methyl/N-ethyl adjacent to an activating group) is 1. The number of fused-ring (bicyclic) bond motifs is 2. The van der Waals surface area contributed by atoms with Crippen LogP contribution >= 0.6 is 0 Å². The molecular formula is C21H26N2O6. The van der Waals surface area contributed by atoms with Crippen LogP contribution in [0.15, 0.2) is 29.8 Å². The molecule has 3 rings (SSSR count). The Kier molecular flexibility index (Phi) is 6.22. The van der Waals surface area contributed by atoms with Gasteiger partial charge in [-0.15, -0.1) is 0 Å². The van der Waals surface area contributed by atoms with Gasteiger partial charge in [-0.1, -0.05) is 24.3 Å². The van der Waals surface area contributed by atoms with E-state index in [1.165, 1.54) is 24.0 Å². The fourth-order valence-corrected chi connectivity index (χ4v) is 4.11. The SMILES string of the molecule is COC(=O)C1=C(c2ccc(CCCO)cc2)CC2C(=O)N(C)C[C@H]1N2C(=O)OC. The van der Waals surface area contributed by atoms with Gasteiger partial charge in [0, 0.05) is 26.6 Å². The van der Waals surface area contributed by atoms with Crippen LogP contribution in [0.1, 0.15) is 24.0 Å². The zero-order valence-electron chi connectivity index (χ0n) is 16.9. The van der Waals surface area contributed by atoms with Crippen molar-refractivity contribution in [3.05, 3.63) is 41.0 Å². The summed E-state index contributed by atoms with van der Waals surface area (Å²) in [6, 6.07) is 6.34. The fraction of sp³-hybridized carbons (Fsp3) is 0.476. The lowest BCUT2D eigenvalue weighted by molar-refractivity contribution is -0.144. The quantitative estimate of drug-likeness (QED) is 0.744. The first kappa shape index (κ1) is 20.9. The summed E-state index contributed by atoms with van der Waals surface area (Å²) in [5, 5.41) is 9.00. The van der Waals surface area contributed by atoms with Gasteiger partial charge in [0.1, 0.15) is 6.04 Å². The van der Waals surface area contributed by atoms with Crippen molar-refractivity contribution in [3.63, 3.8) is 0 Å². The molecule has 29 heavy (non-hydrogen) atoms. The van der Waals surface area contributed by atoms with Gasteiger partial charge in [-0.05, 0) is 29.5 Å². The topological polar surface area (TPSA) is 96.4 Å². The molecule has 2 amide bonds. The third kappa shape index (κ3) is 3.85. The number of aliphatic hydroxyl groups is 1. The average Bonchev–Trinajstić information content (AvgIpc) is 2.74. The highest BCUT2D eigenvalue weighted by atomic mass is 16.5. The average molecular weight is 402 g/mol. The molecule has 2 aliphatic rings. The number of esters is 1. The van der Waals surface area contributed by atoms with Crippen LogP contribution in [0.3, 0.4) is 0 Å². The zero-order valence-corrected chi connectivity index (χ0v) is 16.9. The van der Waals surface area contributed by atoms with Crippen molar-refractivity contribution in [2.24, 2.45) is 0 Å². The van der Waals surface area contributed by atoms with E-state index in [-0.39, 0.29) is 25.5 Å². The molecule has 0 aliphatic carbocycles. The van der Waals surface area contributed by atoms with Crippen LogP contribution in [0.25, 0.3) is 5.57 Å². The summed E-state index contributed by atoms with van der Waals surface area (Å²) >= 11 is 0. The van der Waals surface area contributed by atoms with Crippen LogP contribution in [-0.2, 0) is 25.5 Å². The molecule has 2 atom stereocenters. The van der Waals surface area contributed by atoms with Gasteiger partial charge >= 0.3 is 12.1 Å². The predicted molar refractivity (Wildman–Crippen MR) is 105 cm³/mol. The van der Waals surface area contributed by atoms with E-state index in [4.69, 9.17) is 14.6 Å². The Morgan fingerprint density at radius 3 is 2.41 bits per heavy atom. The van der Waals surface area contributed by atoms with Gasteiger partial charge in [0.15, 0.2) is 0 Å². The minimum atomic E-state index is -0.733. The van der Waals surface area contributed by atoms with E-state index >= 15 is 0 Å². The molecule has 0 saturated carbocycles. The number of aryl methyl sites for hydroxylation is 1. The third-order valence-electron chi connectivity index (χ3n) is 5.55. The highest BCUT2D eigenvalue weighted by Crippen LogP contribution is 2.39. The van der Waals surface area contributed by atoms with Crippen LogP contribution in [0.5, 0.6) is 0 Å². The number of carbonyl (C=O) groups is 3. The molecule has 1 aromatic carbocycles. The first-order chi connectivity index (χ1) is 13.9. The summed E-state index contributed by atoms with van der Waals surface area (Å²) in [5.41, 5.74) is 2.97. The summed E-state index contributed by atoms with van der Waals surface area (Å²) in [6.07, 6.45) is 0.995. The lowest BCUT2D eigenvalue weighted by atomic mass is 9.81. The minimum Gasteiger partial charge on any atom is -0.466 e. The largest absolute Gasteiger partial charge is 0.466 e. The van der Waals surface area contributed by atoms with Gasteiger partial charge in [-0.25, -0.2) is 9.59 Å². The number of amides is 2. The van der Waals surface area contributed by atoms with Gasteiger partial charge in [-0.2, -0.15) is 0 Å². The van der Waals surface area contributed by atoms with Crippen molar-refractivity contribution in [2.45, 2.75) is 31.3 Å². The molecule has 1 N–H and O–H groups in total. The molecule has 8 nitrogen and oxygen atoms in total. The van der Waals surface area contributed by atoms with E-state index in [2.05, 4.69) is 0 Å². The summed E-state index contributed by atoms with van der Waals surface area (Å²) in [5.74, 6) is -0.711. The normalized spacial score (nSPS) is 21.3. The number of hydrogen-bond acceptors (Lipinski definition) is 6. The first-order valence-corrected chi connectivity index (χ1v) is 9.55. The molecule has 8 heteroatoms. The highest BCUT2D eigenvalue weighted by Gasteiger charge is 2.50. The number of rotatable bonds is 5. The van der Waals surface area contributed by atoms with Crippen molar-refractivity contribution >= 4 is 23.5 Å². The second kappa shape index (κ2) is 8.65. The number of carbonyl (C=O) groups excluding carboxylic acids is 3. The van der Waals surface area contributed by atoms with Crippen LogP contribution in [-0.4, -0.2) is 79.4 Å². The molecule has 156 valence electrons. The summed E-state index contributed by atoms with van der Waals surface area (Å²) in [4.78, 5) is 40.8. The Labute approximate surface area is 169 Å². The van der Waals surface area contributed by atoms with Gasteiger partial charge < -0.3 is 19.5 Å². The monoisotopic (exact) mass is 402 g/mol. The second-order valence-electron chi connectivity index (χ2n) is 7.24. The van der Waals surface area contributed by atoms with Crippen LogP contribution in [0.4, 0.5) is 4.79 Å². The van der Waals surface area contributed by atoms with Crippen molar-refractivity contribution in [2.75, 3.05) is 34.4 Å². The molecule has 1 unspecified atom stereocenters. The van der Waals surface area contributed by atoms with Crippen molar-refractivity contribution in [1.29, 1.82) is 0 Å². The third-order valence-corrected chi connectivity index (χ3v) is 5.55. The van der Waals surface area contributed by atoms with E-state index in [9.17, 15) is 14.4 Å². The van der Waals surface area contributed by atoms with E-state index in [0.29, 0.717) is 17.6 Å².